The summed E-state index contributed by atoms with van der Waals surface area (Å²) >= 11 is 0. The summed E-state index contributed by atoms with van der Waals surface area (Å²) in [6.45, 7) is 10.6. The van der Waals surface area contributed by atoms with Crippen LogP contribution in [0.1, 0.15) is 53.9 Å². The van der Waals surface area contributed by atoms with Crippen molar-refractivity contribution >= 4 is 10.8 Å². The van der Waals surface area contributed by atoms with E-state index in [9.17, 15) is 14.4 Å². The molecule has 6 heteroatoms. The Morgan fingerprint density at radius 1 is 1.18 bits per heavy atom. The second kappa shape index (κ2) is 8.20. The van der Waals surface area contributed by atoms with Crippen LogP contribution in [0.5, 0.6) is 0 Å². The van der Waals surface area contributed by atoms with E-state index in [1.54, 1.807) is 6.92 Å². The van der Waals surface area contributed by atoms with Gasteiger partial charge in [0, 0.05) is 34.3 Å². The lowest BCUT2D eigenvalue weighted by molar-refractivity contribution is -0.188. The number of hydrogen-bond donors (Lipinski definition) is 2. The van der Waals surface area contributed by atoms with Gasteiger partial charge in [0.25, 0.3) is 0 Å². The second-order valence-corrected chi connectivity index (χ2v) is 9.43. The van der Waals surface area contributed by atoms with Crippen molar-refractivity contribution in [2.75, 3.05) is 19.0 Å². The standard InChI is InChI=1S/C16H32O5S/c1-6-7-16(20-8-9-21-16)10-13(17)12(2)14(18)11-22(19)15(3,4)5/h12-14,17-18H,6-11H2,1-5H3/t12-,13+,14+,22?/m1/s1. The highest BCUT2D eigenvalue weighted by Gasteiger charge is 2.40. The van der Waals surface area contributed by atoms with Crippen molar-refractivity contribution in [1.29, 1.82) is 0 Å². The average molecular weight is 336 g/mol. The summed E-state index contributed by atoms with van der Waals surface area (Å²) in [5.41, 5.74) is 0. The van der Waals surface area contributed by atoms with Gasteiger partial charge in [-0.05, 0) is 20.8 Å². The first kappa shape index (κ1) is 20.0. The number of ether oxygens (including phenoxy) is 2. The van der Waals surface area contributed by atoms with Crippen LogP contribution < -0.4 is 0 Å². The summed E-state index contributed by atoms with van der Waals surface area (Å²) in [4.78, 5) is 0. The van der Waals surface area contributed by atoms with E-state index in [4.69, 9.17) is 9.47 Å². The molecule has 0 aliphatic carbocycles. The molecule has 0 aromatic rings. The van der Waals surface area contributed by atoms with Crippen LogP contribution in [0, 0.1) is 5.92 Å². The lowest BCUT2D eigenvalue weighted by Gasteiger charge is -2.33. The molecule has 5 nitrogen and oxygen atoms in total. The third kappa shape index (κ3) is 5.57. The van der Waals surface area contributed by atoms with E-state index in [2.05, 4.69) is 0 Å². The number of aliphatic hydroxyl groups is 2. The van der Waals surface area contributed by atoms with E-state index in [-0.39, 0.29) is 16.4 Å². The molecule has 1 heterocycles. The van der Waals surface area contributed by atoms with E-state index in [0.717, 1.165) is 12.8 Å². The molecule has 1 saturated heterocycles. The number of rotatable bonds is 8. The molecule has 0 aromatic carbocycles. The van der Waals surface area contributed by atoms with E-state index in [0.29, 0.717) is 19.6 Å². The average Bonchev–Trinajstić information content (AvgIpc) is 2.85. The van der Waals surface area contributed by atoms with E-state index >= 15 is 0 Å². The molecular weight excluding hydrogens is 304 g/mol. The first-order chi connectivity index (χ1) is 10.1. The Kier molecular flexibility index (Phi) is 7.46. The topological polar surface area (TPSA) is 76.0 Å². The Morgan fingerprint density at radius 2 is 1.73 bits per heavy atom. The lowest BCUT2D eigenvalue weighted by Crippen LogP contribution is -2.42. The van der Waals surface area contributed by atoms with Crippen molar-refractivity contribution < 1.29 is 23.9 Å². The summed E-state index contributed by atoms with van der Waals surface area (Å²) in [5.74, 6) is -0.942. The van der Waals surface area contributed by atoms with Gasteiger partial charge in [0.15, 0.2) is 5.79 Å². The summed E-state index contributed by atoms with van der Waals surface area (Å²) in [5, 5.41) is 20.7. The molecule has 0 spiro atoms. The molecule has 0 bridgehead atoms. The zero-order chi connectivity index (χ0) is 17.0. The number of aliphatic hydroxyl groups excluding tert-OH is 2. The largest absolute Gasteiger partial charge is 0.393 e. The molecule has 1 rings (SSSR count). The van der Waals surface area contributed by atoms with Crippen molar-refractivity contribution in [3.63, 3.8) is 0 Å². The SMILES string of the molecule is CCCC1(C[C@H](O)[C@@H](C)[C@@H](O)CS(=O)C(C)(C)C)OCCO1. The van der Waals surface area contributed by atoms with Crippen molar-refractivity contribution in [3.05, 3.63) is 0 Å². The van der Waals surface area contributed by atoms with Gasteiger partial charge in [0.1, 0.15) is 0 Å². The lowest BCUT2D eigenvalue weighted by atomic mass is 9.91. The highest BCUT2D eigenvalue weighted by atomic mass is 32.2. The molecule has 132 valence electrons. The van der Waals surface area contributed by atoms with Crippen molar-refractivity contribution in [3.8, 4) is 0 Å². The van der Waals surface area contributed by atoms with Gasteiger partial charge in [0.2, 0.25) is 0 Å². The van der Waals surface area contributed by atoms with Crippen LogP contribution in [0.4, 0.5) is 0 Å². The Labute approximate surface area is 136 Å². The maximum atomic E-state index is 12.1. The van der Waals surface area contributed by atoms with Crippen molar-refractivity contribution in [2.24, 2.45) is 5.92 Å². The quantitative estimate of drug-likeness (QED) is 0.707. The van der Waals surface area contributed by atoms with Crippen LogP contribution in [-0.2, 0) is 20.3 Å². The third-order valence-corrected chi connectivity index (χ3v) is 6.19. The second-order valence-electron chi connectivity index (χ2n) is 7.18. The van der Waals surface area contributed by atoms with E-state index in [1.165, 1.54) is 0 Å². The fraction of sp³-hybridized carbons (Fsp3) is 1.00. The summed E-state index contributed by atoms with van der Waals surface area (Å²) < 4.78 is 23.2. The molecule has 0 amide bonds. The normalized spacial score (nSPS) is 24.0. The van der Waals surface area contributed by atoms with Gasteiger partial charge in [-0.3, -0.25) is 4.21 Å². The zero-order valence-electron chi connectivity index (χ0n) is 14.5. The summed E-state index contributed by atoms with van der Waals surface area (Å²) in [7, 11) is -1.15. The first-order valence-electron chi connectivity index (χ1n) is 8.14. The predicted molar refractivity (Wildman–Crippen MR) is 88.1 cm³/mol. The molecular formula is C16H32O5S. The van der Waals surface area contributed by atoms with Gasteiger partial charge in [0.05, 0.1) is 31.2 Å². The third-order valence-electron chi connectivity index (χ3n) is 4.18. The molecule has 4 atom stereocenters. The van der Waals surface area contributed by atoms with Crippen LogP contribution >= 0.6 is 0 Å². The maximum Gasteiger partial charge on any atom is 0.170 e. The smallest absolute Gasteiger partial charge is 0.170 e. The monoisotopic (exact) mass is 336 g/mol. The molecule has 1 aliphatic heterocycles. The van der Waals surface area contributed by atoms with Gasteiger partial charge in [-0.15, -0.1) is 0 Å². The molecule has 0 radical (unpaired) electrons. The van der Waals surface area contributed by atoms with Gasteiger partial charge in [-0.25, -0.2) is 0 Å². The molecule has 2 N–H and O–H groups in total. The molecule has 1 aliphatic rings. The highest BCUT2D eigenvalue weighted by molar-refractivity contribution is 7.86. The maximum absolute atomic E-state index is 12.1. The highest BCUT2D eigenvalue weighted by Crippen LogP contribution is 2.32. The molecule has 0 aromatic heterocycles. The van der Waals surface area contributed by atoms with E-state index < -0.39 is 28.8 Å². The fourth-order valence-electron chi connectivity index (χ4n) is 2.56. The first-order valence-corrected chi connectivity index (χ1v) is 9.46. The van der Waals surface area contributed by atoms with Gasteiger partial charge in [-0.1, -0.05) is 20.3 Å². The van der Waals surface area contributed by atoms with Crippen LogP contribution in [0.15, 0.2) is 0 Å². The Balaban J connectivity index is 2.59. The van der Waals surface area contributed by atoms with Crippen molar-refractivity contribution in [2.45, 2.75) is 76.6 Å². The van der Waals surface area contributed by atoms with Gasteiger partial charge >= 0.3 is 0 Å². The number of hydrogen-bond acceptors (Lipinski definition) is 5. The van der Waals surface area contributed by atoms with Crippen molar-refractivity contribution in [1.82, 2.24) is 0 Å². The van der Waals surface area contributed by atoms with E-state index in [1.807, 2.05) is 27.7 Å². The molecule has 1 fully saturated rings. The summed E-state index contributed by atoms with van der Waals surface area (Å²) in [6, 6.07) is 0. The summed E-state index contributed by atoms with van der Waals surface area (Å²) in [6.07, 6.45) is 0.395. The zero-order valence-corrected chi connectivity index (χ0v) is 15.3. The molecule has 22 heavy (non-hydrogen) atoms. The minimum atomic E-state index is -1.15. The predicted octanol–water partition coefficient (Wildman–Crippen LogP) is 1.82. The molecule has 0 saturated carbocycles. The van der Waals surface area contributed by atoms with Crippen LogP contribution in [0.25, 0.3) is 0 Å². The van der Waals surface area contributed by atoms with Crippen LogP contribution in [-0.4, -0.2) is 56.1 Å². The van der Waals surface area contributed by atoms with Crippen LogP contribution in [0.3, 0.4) is 0 Å². The fourth-order valence-corrected chi connectivity index (χ4v) is 3.67. The Morgan fingerprint density at radius 3 is 2.18 bits per heavy atom. The minimum absolute atomic E-state index is 0.171. The minimum Gasteiger partial charge on any atom is -0.393 e. The Hall–Kier alpha value is -0.0100. The van der Waals surface area contributed by atoms with Crippen LogP contribution in [0.2, 0.25) is 0 Å². The van der Waals surface area contributed by atoms with Gasteiger partial charge in [-0.2, -0.15) is 0 Å². The Bertz CT molecular complexity index is 360. The van der Waals surface area contributed by atoms with Gasteiger partial charge < -0.3 is 19.7 Å². The molecule has 1 unspecified atom stereocenters.